The first-order valence-electron chi connectivity index (χ1n) is 5.79. The van der Waals surface area contributed by atoms with Gasteiger partial charge in [-0.3, -0.25) is 4.79 Å². The monoisotopic (exact) mass is 293 g/mol. The Labute approximate surface area is 119 Å². The zero-order valence-electron chi connectivity index (χ0n) is 10.2. The molecule has 0 saturated heterocycles. The van der Waals surface area contributed by atoms with Gasteiger partial charge in [0, 0.05) is 11.3 Å². The van der Waals surface area contributed by atoms with Gasteiger partial charge < -0.3 is 14.8 Å². The van der Waals surface area contributed by atoms with Crippen LogP contribution in [0.2, 0.25) is 5.02 Å². The number of carbonyl (C=O) groups excluding carboxylic acids is 1. The molecule has 0 radical (unpaired) electrons. The number of amides is 1. The van der Waals surface area contributed by atoms with E-state index >= 15 is 0 Å². The van der Waals surface area contributed by atoms with Gasteiger partial charge in [0.05, 0.1) is 5.02 Å². The van der Waals surface area contributed by atoms with Crippen LogP contribution in [0.25, 0.3) is 0 Å². The van der Waals surface area contributed by atoms with Crippen molar-refractivity contribution in [3.05, 3.63) is 52.8 Å². The molecule has 20 heavy (non-hydrogen) atoms. The van der Waals surface area contributed by atoms with Crippen LogP contribution in [0.15, 0.2) is 36.4 Å². The Bertz CT molecular complexity index is 673. The molecule has 0 unspecified atom stereocenters. The summed E-state index contributed by atoms with van der Waals surface area (Å²) in [6.45, 7) is 0.0814. The highest BCUT2D eigenvalue weighted by Crippen LogP contribution is 2.39. The van der Waals surface area contributed by atoms with Gasteiger partial charge in [-0.05, 0) is 36.4 Å². The van der Waals surface area contributed by atoms with Gasteiger partial charge in [0.2, 0.25) is 6.79 Å². The maximum absolute atomic E-state index is 12.8. The molecule has 1 aliphatic heterocycles. The molecular weight excluding hydrogens is 285 g/mol. The van der Waals surface area contributed by atoms with Crippen molar-refractivity contribution in [3.8, 4) is 11.5 Å². The van der Waals surface area contributed by atoms with Crippen molar-refractivity contribution < 1.29 is 18.7 Å². The van der Waals surface area contributed by atoms with Crippen LogP contribution in [0.5, 0.6) is 11.5 Å². The fraction of sp³-hybridized carbons (Fsp3) is 0.0714. The second kappa shape index (κ2) is 5.02. The van der Waals surface area contributed by atoms with Gasteiger partial charge in [0.1, 0.15) is 5.82 Å². The number of hydrogen-bond donors (Lipinski definition) is 1. The topological polar surface area (TPSA) is 47.6 Å². The van der Waals surface area contributed by atoms with Crippen molar-refractivity contribution in [2.45, 2.75) is 0 Å². The van der Waals surface area contributed by atoms with Crippen molar-refractivity contribution in [1.82, 2.24) is 0 Å². The standard InChI is InChI=1S/C14H9ClFNO3/c15-11-5-8(6-12-13(11)20-7-19-12)14(18)17-10-3-1-9(16)2-4-10/h1-6H,7H2,(H,17,18). The maximum Gasteiger partial charge on any atom is 0.255 e. The molecule has 1 amide bonds. The largest absolute Gasteiger partial charge is 0.454 e. The summed E-state index contributed by atoms with van der Waals surface area (Å²) in [5.41, 5.74) is 0.828. The highest BCUT2D eigenvalue weighted by atomic mass is 35.5. The molecule has 2 aromatic rings. The van der Waals surface area contributed by atoms with Gasteiger partial charge in [-0.2, -0.15) is 0 Å². The smallest absolute Gasteiger partial charge is 0.255 e. The molecule has 0 fully saturated rings. The molecule has 0 aromatic heterocycles. The van der Waals surface area contributed by atoms with Gasteiger partial charge in [-0.1, -0.05) is 11.6 Å². The summed E-state index contributed by atoms with van der Waals surface area (Å²) in [4.78, 5) is 12.1. The molecule has 1 heterocycles. The molecule has 0 saturated carbocycles. The first-order valence-corrected chi connectivity index (χ1v) is 6.17. The minimum absolute atomic E-state index is 0.0814. The number of nitrogens with one attached hydrogen (secondary N) is 1. The molecule has 3 rings (SSSR count). The lowest BCUT2D eigenvalue weighted by Crippen LogP contribution is -2.11. The van der Waals surface area contributed by atoms with Crippen molar-refractivity contribution in [1.29, 1.82) is 0 Å². The minimum atomic E-state index is -0.367. The van der Waals surface area contributed by atoms with Crippen molar-refractivity contribution in [2.75, 3.05) is 12.1 Å². The average molecular weight is 294 g/mol. The van der Waals surface area contributed by atoms with E-state index in [-0.39, 0.29) is 18.5 Å². The van der Waals surface area contributed by atoms with Gasteiger partial charge in [-0.25, -0.2) is 4.39 Å². The van der Waals surface area contributed by atoms with E-state index in [0.29, 0.717) is 27.8 Å². The summed E-state index contributed by atoms with van der Waals surface area (Å²) in [5, 5.41) is 2.95. The fourth-order valence-electron chi connectivity index (χ4n) is 1.83. The molecule has 0 spiro atoms. The van der Waals surface area contributed by atoms with E-state index in [1.165, 1.54) is 30.3 Å². The van der Waals surface area contributed by atoms with Crippen LogP contribution in [0.1, 0.15) is 10.4 Å². The third kappa shape index (κ3) is 2.40. The van der Waals surface area contributed by atoms with E-state index in [1.54, 1.807) is 6.07 Å². The summed E-state index contributed by atoms with van der Waals surface area (Å²) < 4.78 is 23.2. The van der Waals surface area contributed by atoms with E-state index < -0.39 is 0 Å². The first-order chi connectivity index (χ1) is 9.63. The fourth-order valence-corrected chi connectivity index (χ4v) is 2.10. The molecule has 1 N–H and O–H groups in total. The zero-order valence-corrected chi connectivity index (χ0v) is 10.9. The molecule has 1 aliphatic rings. The zero-order chi connectivity index (χ0) is 14.1. The Morgan fingerprint density at radius 3 is 2.70 bits per heavy atom. The number of halogens is 2. The highest BCUT2D eigenvalue weighted by Gasteiger charge is 2.20. The van der Waals surface area contributed by atoms with Crippen LogP contribution in [-0.2, 0) is 0 Å². The van der Waals surface area contributed by atoms with Crippen LogP contribution in [0, 0.1) is 5.82 Å². The van der Waals surface area contributed by atoms with E-state index in [2.05, 4.69) is 5.32 Å². The van der Waals surface area contributed by atoms with Gasteiger partial charge in [0.25, 0.3) is 5.91 Å². The molecule has 0 aliphatic carbocycles. The quantitative estimate of drug-likeness (QED) is 0.922. The summed E-state index contributed by atoms with van der Waals surface area (Å²) >= 11 is 6.01. The van der Waals surface area contributed by atoms with Crippen LogP contribution in [-0.4, -0.2) is 12.7 Å². The second-order valence-electron chi connectivity index (χ2n) is 4.15. The number of benzene rings is 2. The second-order valence-corrected chi connectivity index (χ2v) is 4.56. The van der Waals surface area contributed by atoms with Crippen LogP contribution >= 0.6 is 11.6 Å². The van der Waals surface area contributed by atoms with Crippen LogP contribution < -0.4 is 14.8 Å². The number of ether oxygens (including phenoxy) is 2. The SMILES string of the molecule is O=C(Nc1ccc(F)cc1)c1cc(Cl)c2c(c1)OCO2. The Kier molecular flexibility index (Phi) is 3.20. The molecule has 6 heteroatoms. The molecule has 2 aromatic carbocycles. The summed E-state index contributed by atoms with van der Waals surface area (Å²) in [6, 6.07) is 8.52. The van der Waals surface area contributed by atoms with Crippen LogP contribution in [0.3, 0.4) is 0 Å². The van der Waals surface area contributed by atoms with Crippen molar-refractivity contribution in [2.24, 2.45) is 0 Å². The van der Waals surface area contributed by atoms with E-state index in [0.717, 1.165) is 0 Å². The normalized spacial score (nSPS) is 12.3. The lowest BCUT2D eigenvalue weighted by atomic mass is 10.2. The van der Waals surface area contributed by atoms with E-state index in [1.807, 2.05) is 0 Å². The van der Waals surface area contributed by atoms with E-state index in [9.17, 15) is 9.18 Å². The Morgan fingerprint density at radius 1 is 1.20 bits per heavy atom. The molecule has 4 nitrogen and oxygen atoms in total. The number of hydrogen-bond acceptors (Lipinski definition) is 3. The maximum atomic E-state index is 12.8. The number of fused-ring (bicyclic) bond motifs is 1. The third-order valence-corrected chi connectivity index (χ3v) is 3.07. The summed E-state index contributed by atoms with van der Waals surface area (Å²) in [6.07, 6.45) is 0. The lowest BCUT2D eigenvalue weighted by molar-refractivity contribution is 0.102. The lowest BCUT2D eigenvalue weighted by Gasteiger charge is -2.07. The predicted molar refractivity (Wildman–Crippen MR) is 71.9 cm³/mol. The number of carbonyl (C=O) groups is 1. The predicted octanol–water partition coefficient (Wildman–Crippen LogP) is 3.46. The van der Waals surface area contributed by atoms with Gasteiger partial charge in [0.15, 0.2) is 11.5 Å². The minimum Gasteiger partial charge on any atom is -0.454 e. The molecule has 0 atom stereocenters. The average Bonchev–Trinajstić information content (AvgIpc) is 2.90. The number of rotatable bonds is 2. The van der Waals surface area contributed by atoms with Crippen molar-refractivity contribution in [3.63, 3.8) is 0 Å². The molecule has 102 valence electrons. The first kappa shape index (κ1) is 12.7. The Hall–Kier alpha value is -2.27. The number of anilines is 1. The Balaban J connectivity index is 1.84. The highest BCUT2D eigenvalue weighted by molar-refractivity contribution is 6.32. The molecule has 0 bridgehead atoms. The Morgan fingerprint density at radius 2 is 1.95 bits per heavy atom. The van der Waals surface area contributed by atoms with Crippen molar-refractivity contribution >= 4 is 23.2 Å². The van der Waals surface area contributed by atoms with Gasteiger partial charge >= 0.3 is 0 Å². The molecular formula is C14H9ClFNO3. The third-order valence-electron chi connectivity index (χ3n) is 2.79. The summed E-state index contributed by atoms with van der Waals surface area (Å²) in [5.74, 6) is 0.137. The van der Waals surface area contributed by atoms with Gasteiger partial charge in [-0.15, -0.1) is 0 Å². The van der Waals surface area contributed by atoms with E-state index in [4.69, 9.17) is 21.1 Å². The van der Waals surface area contributed by atoms with Crippen LogP contribution in [0.4, 0.5) is 10.1 Å². The summed E-state index contributed by atoms with van der Waals surface area (Å²) in [7, 11) is 0.